The molecule has 4 rings (SSSR count). The highest BCUT2D eigenvalue weighted by Crippen LogP contribution is 2.29. The summed E-state index contributed by atoms with van der Waals surface area (Å²) in [5, 5.41) is 2.88. The number of carbonyl (C=O) groups is 1. The second kappa shape index (κ2) is 7.52. The molecule has 1 N–H and O–H groups in total. The molecule has 0 radical (unpaired) electrons. The highest BCUT2D eigenvalue weighted by molar-refractivity contribution is 7.19. The molecule has 28 heavy (non-hydrogen) atoms. The molecule has 4 aromatic rings. The van der Waals surface area contributed by atoms with Gasteiger partial charge < -0.3 is 9.88 Å². The molecule has 0 unspecified atom stereocenters. The Labute approximate surface area is 164 Å². The van der Waals surface area contributed by atoms with Crippen LogP contribution < -0.4 is 5.32 Å². The molecule has 142 valence electrons. The molecule has 0 saturated heterocycles. The highest BCUT2D eigenvalue weighted by Gasteiger charge is 2.18. The van der Waals surface area contributed by atoms with Crippen LogP contribution in [-0.2, 0) is 13.1 Å². The first-order valence-electron chi connectivity index (χ1n) is 8.73. The summed E-state index contributed by atoms with van der Waals surface area (Å²) < 4.78 is 29.7. The fourth-order valence-electron chi connectivity index (χ4n) is 3.11. The number of aryl methyl sites for hydroxylation is 1. The summed E-state index contributed by atoms with van der Waals surface area (Å²) in [6, 6.07) is 13.1. The van der Waals surface area contributed by atoms with Crippen molar-refractivity contribution in [1.29, 1.82) is 0 Å². The molecule has 0 aliphatic heterocycles. The van der Waals surface area contributed by atoms with E-state index in [0.717, 1.165) is 32.9 Å². The van der Waals surface area contributed by atoms with Gasteiger partial charge in [-0.3, -0.25) is 9.78 Å². The molecule has 0 bridgehead atoms. The van der Waals surface area contributed by atoms with Crippen LogP contribution in [-0.4, -0.2) is 15.5 Å². The number of nitrogens with one attached hydrogen (secondary N) is 1. The minimum atomic E-state index is -0.899. The van der Waals surface area contributed by atoms with E-state index in [1.54, 1.807) is 17.5 Å². The third-order valence-corrected chi connectivity index (χ3v) is 5.41. The van der Waals surface area contributed by atoms with Crippen molar-refractivity contribution >= 4 is 27.5 Å². The lowest BCUT2D eigenvalue weighted by molar-refractivity contribution is 0.0942. The molecule has 3 aromatic heterocycles. The van der Waals surface area contributed by atoms with Crippen LogP contribution in [0.1, 0.15) is 26.6 Å². The maximum absolute atomic E-state index is 13.6. The van der Waals surface area contributed by atoms with Gasteiger partial charge in [0.05, 0.1) is 22.5 Å². The second-order valence-corrected chi connectivity index (χ2v) is 7.76. The summed E-state index contributed by atoms with van der Waals surface area (Å²) in [6.45, 7) is 2.57. The zero-order valence-electron chi connectivity index (χ0n) is 15.1. The van der Waals surface area contributed by atoms with Crippen molar-refractivity contribution in [2.45, 2.75) is 20.0 Å². The number of amides is 1. The van der Waals surface area contributed by atoms with Crippen LogP contribution in [0.3, 0.4) is 0 Å². The smallest absolute Gasteiger partial charge is 0.268 e. The van der Waals surface area contributed by atoms with Gasteiger partial charge >= 0.3 is 0 Å². The third-order valence-electron chi connectivity index (χ3n) is 4.43. The van der Waals surface area contributed by atoms with Crippen LogP contribution in [0.25, 0.3) is 10.2 Å². The fraction of sp³-hybridized carbons (Fsp3) is 0.143. The van der Waals surface area contributed by atoms with E-state index in [9.17, 15) is 13.6 Å². The summed E-state index contributed by atoms with van der Waals surface area (Å²) in [4.78, 5) is 18.1. The number of fused-ring (bicyclic) bond motifs is 1. The van der Waals surface area contributed by atoms with Crippen molar-refractivity contribution < 1.29 is 13.6 Å². The molecule has 0 spiro atoms. The third kappa shape index (κ3) is 3.66. The van der Waals surface area contributed by atoms with Gasteiger partial charge in [-0.1, -0.05) is 12.1 Å². The molecule has 0 saturated carbocycles. The van der Waals surface area contributed by atoms with Crippen LogP contribution in [0, 0.1) is 18.6 Å². The van der Waals surface area contributed by atoms with Gasteiger partial charge in [0.2, 0.25) is 0 Å². The highest BCUT2D eigenvalue weighted by atomic mass is 32.1. The zero-order chi connectivity index (χ0) is 19.7. The maximum Gasteiger partial charge on any atom is 0.268 e. The number of nitrogens with zero attached hydrogens (tertiary/aromatic N) is 2. The van der Waals surface area contributed by atoms with E-state index in [0.29, 0.717) is 17.8 Å². The van der Waals surface area contributed by atoms with E-state index < -0.39 is 11.6 Å². The van der Waals surface area contributed by atoms with Gasteiger partial charge in [0.1, 0.15) is 5.69 Å². The van der Waals surface area contributed by atoms with Crippen LogP contribution in [0.5, 0.6) is 0 Å². The summed E-state index contributed by atoms with van der Waals surface area (Å²) >= 11 is 1.59. The van der Waals surface area contributed by atoms with E-state index in [2.05, 4.69) is 10.3 Å². The van der Waals surface area contributed by atoms with Gasteiger partial charge in [0, 0.05) is 17.6 Å². The number of halogens is 2. The summed E-state index contributed by atoms with van der Waals surface area (Å²) in [5.74, 6) is -2.03. The first-order valence-corrected chi connectivity index (χ1v) is 9.54. The van der Waals surface area contributed by atoms with E-state index in [1.165, 1.54) is 6.07 Å². The normalized spacial score (nSPS) is 11.1. The van der Waals surface area contributed by atoms with E-state index in [-0.39, 0.29) is 12.5 Å². The molecule has 3 heterocycles. The average Bonchev–Trinajstić information content (AvgIpc) is 3.20. The van der Waals surface area contributed by atoms with E-state index in [1.807, 2.05) is 41.8 Å². The van der Waals surface area contributed by atoms with Gasteiger partial charge in [-0.05, 0) is 48.9 Å². The Morgan fingerprint density at radius 1 is 1.14 bits per heavy atom. The van der Waals surface area contributed by atoms with Gasteiger partial charge in [-0.15, -0.1) is 11.3 Å². The average molecular weight is 397 g/mol. The Balaban J connectivity index is 1.65. The van der Waals surface area contributed by atoms with E-state index >= 15 is 0 Å². The topological polar surface area (TPSA) is 46.9 Å². The van der Waals surface area contributed by atoms with Crippen molar-refractivity contribution in [1.82, 2.24) is 14.9 Å². The molecule has 4 nitrogen and oxygen atoms in total. The fourth-order valence-corrected chi connectivity index (χ4v) is 4.07. The SMILES string of the molecule is Cc1cc2c(cc(C(=O)NCc3ccccn3)n2Cc2ccc(F)c(F)c2)s1. The Kier molecular flexibility index (Phi) is 4.92. The number of hydrogen-bond acceptors (Lipinski definition) is 3. The minimum absolute atomic E-state index is 0.241. The number of hydrogen-bond donors (Lipinski definition) is 1. The van der Waals surface area contributed by atoms with Crippen LogP contribution in [0.2, 0.25) is 0 Å². The summed E-state index contributed by atoms with van der Waals surface area (Å²) in [5.41, 5.74) is 2.71. The van der Waals surface area contributed by atoms with Crippen molar-refractivity contribution in [3.63, 3.8) is 0 Å². The Morgan fingerprint density at radius 2 is 2.00 bits per heavy atom. The number of thiophene rings is 1. The predicted molar refractivity (Wildman–Crippen MR) is 105 cm³/mol. The Hall–Kier alpha value is -3.06. The Morgan fingerprint density at radius 3 is 2.75 bits per heavy atom. The van der Waals surface area contributed by atoms with Gasteiger partial charge in [-0.25, -0.2) is 8.78 Å². The number of benzene rings is 1. The molecule has 0 aliphatic rings. The monoisotopic (exact) mass is 397 g/mol. The van der Waals surface area contributed by atoms with Gasteiger partial charge in [0.15, 0.2) is 11.6 Å². The molecule has 1 aromatic carbocycles. The van der Waals surface area contributed by atoms with Crippen molar-refractivity contribution in [2.75, 3.05) is 0 Å². The molecule has 1 amide bonds. The number of pyridine rings is 1. The Bertz CT molecular complexity index is 1150. The van der Waals surface area contributed by atoms with Gasteiger partial charge in [-0.2, -0.15) is 0 Å². The molecule has 0 atom stereocenters. The molecule has 7 heteroatoms. The first-order chi connectivity index (χ1) is 13.5. The van der Waals surface area contributed by atoms with Crippen molar-refractivity contribution in [2.24, 2.45) is 0 Å². The molecular formula is C21H17F2N3OS. The standard InChI is InChI=1S/C21H17F2N3OS/c1-13-8-18-20(28-13)10-19(21(27)25-11-15-4-2-3-7-24-15)26(18)12-14-5-6-16(22)17(23)9-14/h2-10H,11-12H2,1H3,(H,25,27). The first kappa shape index (κ1) is 18.3. The summed E-state index contributed by atoms with van der Waals surface area (Å²) in [6.07, 6.45) is 1.67. The lowest BCUT2D eigenvalue weighted by Gasteiger charge is -2.11. The zero-order valence-corrected chi connectivity index (χ0v) is 15.9. The second-order valence-electron chi connectivity index (χ2n) is 6.47. The number of carbonyl (C=O) groups excluding carboxylic acids is 1. The minimum Gasteiger partial charge on any atom is -0.345 e. The maximum atomic E-state index is 13.6. The van der Waals surface area contributed by atoms with E-state index in [4.69, 9.17) is 0 Å². The largest absolute Gasteiger partial charge is 0.345 e. The molecule has 0 aliphatic carbocycles. The van der Waals surface area contributed by atoms with Crippen molar-refractivity contribution in [3.8, 4) is 0 Å². The molecular weight excluding hydrogens is 380 g/mol. The van der Waals surface area contributed by atoms with Gasteiger partial charge in [0.25, 0.3) is 5.91 Å². The quantitative estimate of drug-likeness (QED) is 0.532. The van der Waals surface area contributed by atoms with Crippen LogP contribution >= 0.6 is 11.3 Å². The summed E-state index contributed by atoms with van der Waals surface area (Å²) in [7, 11) is 0. The molecule has 0 fully saturated rings. The number of rotatable bonds is 5. The lowest BCUT2D eigenvalue weighted by atomic mass is 10.2. The van der Waals surface area contributed by atoms with Crippen molar-refractivity contribution in [3.05, 3.63) is 88.2 Å². The van der Waals surface area contributed by atoms with Crippen LogP contribution in [0.15, 0.2) is 54.7 Å². The number of aromatic nitrogens is 2. The lowest BCUT2D eigenvalue weighted by Crippen LogP contribution is -2.26. The predicted octanol–water partition coefficient (Wildman–Crippen LogP) is 4.66. The van der Waals surface area contributed by atoms with Crippen LogP contribution in [0.4, 0.5) is 8.78 Å².